The standard InChI is InChI=1S/C17H25N3O3S/c1-13-5-8-20(9-6-13)14-3-4-16(18-11-14)17(21)19(2)15-7-10-24(22,23)12-15/h3-4,11,13,15H,5-10,12H2,1-2H3. The molecule has 1 unspecified atom stereocenters. The van der Waals surface area contributed by atoms with Crippen LogP contribution in [0.5, 0.6) is 0 Å². The lowest BCUT2D eigenvalue weighted by Gasteiger charge is -2.32. The molecule has 1 aromatic rings. The Morgan fingerprint density at radius 1 is 1.25 bits per heavy atom. The number of nitrogens with zero attached hydrogens (tertiary/aromatic N) is 3. The lowest BCUT2D eigenvalue weighted by atomic mass is 9.99. The molecule has 0 N–H and O–H groups in total. The number of pyridine rings is 1. The summed E-state index contributed by atoms with van der Waals surface area (Å²) in [6.45, 7) is 4.32. The summed E-state index contributed by atoms with van der Waals surface area (Å²) in [6, 6.07) is 3.44. The van der Waals surface area contributed by atoms with Gasteiger partial charge in [0.2, 0.25) is 0 Å². The van der Waals surface area contributed by atoms with Gasteiger partial charge in [-0.2, -0.15) is 0 Å². The minimum atomic E-state index is -3.00. The van der Waals surface area contributed by atoms with E-state index >= 15 is 0 Å². The van der Waals surface area contributed by atoms with Crippen molar-refractivity contribution in [2.45, 2.75) is 32.2 Å². The number of rotatable bonds is 3. The molecule has 24 heavy (non-hydrogen) atoms. The Bertz CT molecular complexity index is 694. The van der Waals surface area contributed by atoms with Crippen LogP contribution in [0.4, 0.5) is 5.69 Å². The van der Waals surface area contributed by atoms with E-state index in [1.807, 2.05) is 6.07 Å². The van der Waals surface area contributed by atoms with Crippen LogP contribution in [0.25, 0.3) is 0 Å². The second-order valence-electron chi connectivity index (χ2n) is 7.04. The molecule has 3 rings (SSSR count). The second kappa shape index (κ2) is 6.70. The molecule has 0 saturated carbocycles. The van der Waals surface area contributed by atoms with E-state index < -0.39 is 9.84 Å². The van der Waals surface area contributed by atoms with Crippen LogP contribution in [-0.4, -0.2) is 61.9 Å². The average molecular weight is 351 g/mol. The maximum absolute atomic E-state index is 12.5. The van der Waals surface area contributed by atoms with Gasteiger partial charge in [-0.3, -0.25) is 4.79 Å². The third kappa shape index (κ3) is 3.71. The number of piperidine rings is 1. The number of amides is 1. The van der Waals surface area contributed by atoms with Crippen molar-refractivity contribution in [3.05, 3.63) is 24.0 Å². The summed E-state index contributed by atoms with van der Waals surface area (Å²) in [7, 11) is -1.34. The van der Waals surface area contributed by atoms with Gasteiger partial charge in [0.05, 0.1) is 23.4 Å². The maximum atomic E-state index is 12.5. The van der Waals surface area contributed by atoms with E-state index in [4.69, 9.17) is 0 Å². The molecule has 0 aliphatic carbocycles. The lowest BCUT2D eigenvalue weighted by molar-refractivity contribution is 0.0742. The van der Waals surface area contributed by atoms with Crippen molar-refractivity contribution < 1.29 is 13.2 Å². The van der Waals surface area contributed by atoms with Gasteiger partial charge in [-0.15, -0.1) is 0 Å². The molecule has 7 heteroatoms. The van der Waals surface area contributed by atoms with Gasteiger partial charge in [0.1, 0.15) is 5.69 Å². The summed E-state index contributed by atoms with van der Waals surface area (Å²) in [5.74, 6) is 0.774. The molecule has 2 aliphatic rings. The molecular weight excluding hydrogens is 326 g/mol. The van der Waals surface area contributed by atoms with E-state index in [1.165, 1.54) is 17.7 Å². The van der Waals surface area contributed by atoms with E-state index in [9.17, 15) is 13.2 Å². The van der Waals surface area contributed by atoms with Gasteiger partial charge in [-0.1, -0.05) is 6.92 Å². The Morgan fingerprint density at radius 3 is 2.50 bits per heavy atom. The number of aromatic nitrogens is 1. The second-order valence-corrected chi connectivity index (χ2v) is 9.27. The Balaban J connectivity index is 1.65. The molecule has 0 bridgehead atoms. The molecular formula is C17H25N3O3S. The molecule has 2 saturated heterocycles. The van der Waals surface area contributed by atoms with Crippen LogP contribution < -0.4 is 4.90 Å². The third-order valence-electron chi connectivity index (χ3n) is 5.19. The number of hydrogen-bond donors (Lipinski definition) is 0. The first-order valence-electron chi connectivity index (χ1n) is 8.54. The molecule has 2 fully saturated rings. The van der Waals surface area contributed by atoms with Gasteiger partial charge in [-0.05, 0) is 37.3 Å². The zero-order valence-electron chi connectivity index (χ0n) is 14.3. The summed E-state index contributed by atoms with van der Waals surface area (Å²) < 4.78 is 23.2. The number of carbonyl (C=O) groups is 1. The van der Waals surface area contributed by atoms with Crippen LogP contribution in [0.15, 0.2) is 18.3 Å². The predicted molar refractivity (Wildman–Crippen MR) is 94.0 cm³/mol. The van der Waals surface area contributed by atoms with Crippen LogP contribution in [0.3, 0.4) is 0 Å². The fourth-order valence-electron chi connectivity index (χ4n) is 3.39. The normalized spacial score (nSPS) is 24.1. The van der Waals surface area contributed by atoms with E-state index in [2.05, 4.69) is 16.8 Å². The predicted octanol–water partition coefficient (Wildman–Crippen LogP) is 1.58. The first kappa shape index (κ1) is 17.2. The van der Waals surface area contributed by atoms with Crippen molar-refractivity contribution in [3.8, 4) is 0 Å². The lowest BCUT2D eigenvalue weighted by Crippen LogP contribution is -2.38. The quantitative estimate of drug-likeness (QED) is 0.827. The fourth-order valence-corrected chi connectivity index (χ4v) is 5.17. The van der Waals surface area contributed by atoms with Crippen LogP contribution in [-0.2, 0) is 9.84 Å². The largest absolute Gasteiger partial charge is 0.370 e. The van der Waals surface area contributed by atoms with Crippen molar-refractivity contribution in [1.82, 2.24) is 9.88 Å². The number of carbonyl (C=O) groups excluding carboxylic acids is 1. The van der Waals surface area contributed by atoms with Gasteiger partial charge < -0.3 is 9.80 Å². The highest BCUT2D eigenvalue weighted by Crippen LogP contribution is 2.23. The van der Waals surface area contributed by atoms with Gasteiger partial charge in [-0.25, -0.2) is 13.4 Å². The summed E-state index contributed by atoms with van der Waals surface area (Å²) in [6.07, 6.45) is 4.62. The number of hydrogen-bond acceptors (Lipinski definition) is 5. The zero-order chi connectivity index (χ0) is 17.3. The van der Waals surface area contributed by atoms with Gasteiger partial charge in [0.25, 0.3) is 5.91 Å². The maximum Gasteiger partial charge on any atom is 0.272 e. The summed E-state index contributed by atoms with van der Waals surface area (Å²) >= 11 is 0. The van der Waals surface area contributed by atoms with Crippen LogP contribution in [0.2, 0.25) is 0 Å². The molecule has 132 valence electrons. The highest BCUT2D eigenvalue weighted by atomic mass is 32.2. The molecule has 1 amide bonds. The summed E-state index contributed by atoms with van der Waals surface area (Å²) in [4.78, 5) is 20.7. The Hall–Kier alpha value is -1.63. The summed E-state index contributed by atoms with van der Waals surface area (Å²) in [5, 5.41) is 0. The van der Waals surface area contributed by atoms with E-state index in [0.717, 1.165) is 24.7 Å². The van der Waals surface area contributed by atoms with Crippen molar-refractivity contribution in [2.24, 2.45) is 5.92 Å². The fraction of sp³-hybridized carbons (Fsp3) is 0.647. The van der Waals surface area contributed by atoms with Gasteiger partial charge in [0, 0.05) is 26.2 Å². The third-order valence-corrected chi connectivity index (χ3v) is 6.94. The molecule has 6 nitrogen and oxygen atoms in total. The van der Waals surface area contributed by atoms with Crippen molar-refractivity contribution in [3.63, 3.8) is 0 Å². The minimum absolute atomic E-state index is 0.0548. The molecule has 1 atom stereocenters. The molecule has 0 radical (unpaired) electrons. The number of anilines is 1. The smallest absolute Gasteiger partial charge is 0.272 e. The van der Waals surface area contributed by atoms with Crippen molar-refractivity contribution in [1.29, 1.82) is 0 Å². The monoisotopic (exact) mass is 351 g/mol. The molecule has 0 aromatic carbocycles. The first-order valence-corrected chi connectivity index (χ1v) is 10.4. The van der Waals surface area contributed by atoms with Gasteiger partial charge >= 0.3 is 0 Å². The minimum Gasteiger partial charge on any atom is -0.370 e. The molecule has 2 aliphatic heterocycles. The topological polar surface area (TPSA) is 70.6 Å². The van der Waals surface area contributed by atoms with E-state index in [-0.39, 0.29) is 23.5 Å². The molecule has 1 aromatic heterocycles. The first-order chi connectivity index (χ1) is 11.4. The Labute approximate surface area is 143 Å². The van der Waals surface area contributed by atoms with Crippen LogP contribution >= 0.6 is 0 Å². The van der Waals surface area contributed by atoms with Crippen LogP contribution in [0, 0.1) is 5.92 Å². The van der Waals surface area contributed by atoms with E-state index in [0.29, 0.717) is 12.1 Å². The zero-order valence-corrected chi connectivity index (χ0v) is 15.1. The Kier molecular flexibility index (Phi) is 4.80. The average Bonchev–Trinajstić information content (AvgIpc) is 2.94. The number of sulfone groups is 1. The highest BCUT2D eigenvalue weighted by molar-refractivity contribution is 7.91. The Morgan fingerprint density at radius 2 is 1.96 bits per heavy atom. The highest BCUT2D eigenvalue weighted by Gasteiger charge is 2.33. The molecule has 3 heterocycles. The SMILES string of the molecule is CC1CCN(c2ccc(C(=O)N(C)C3CCS(=O)(=O)C3)nc2)CC1. The molecule has 0 spiro atoms. The van der Waals surface area contributed by atoms with Crippen LogP contribution in [0.1, 0.15) is 36.7 Å². The van der Waals surface area contributed by atoms with E-state index in [1.54, 1.807) is 19.3 Å². The van der Waals surface area contributed by atoms with Gasteiger partial charge in [0.15, 0.2) is 9.84 Å². The van der Waals surface area contributed by atoms with Crippen molar-refractivity contribution in [2.75, 3.05) is 36.5 Å². The summed E-state index contributed by atoms with van der Waals surface area (Å²) in [5.41, 5.74) is 1.42. The van der Waals surface area contributed by atoms with Crippen molar-refractivity contribution >= 4 is 21.4 Å².